The van der Waals surface area contributed by atoms with Crippen molar-refractivity contribution in [2.45, 2.75) is 136 Å². The summed E-state index contributed by atoms with van der Waals surface area (Å²) in [5.74, 6) is -1.63. The minimum absolute atomic E-state index is 0.00189. The zero-order valence-electron chi connectivity index (χ0n) is 56.9. The number of aliphatic hydroxyl groups is 11. The molecular formula is C51H94N6O44P4S-4. The summed E-state index contributed by atoms with van der Waals surface area (Å²) in [5.41, 5.74) is 3.53. The van der Waals surface area contributed by atoms with E-state index >= 15 is 0 Å². The highest BCUT2D eigenvalue weighted by Gasteiger charge is 2.52. The van der Waals surface area contributed by atoms with Gasteiger partial charge in [0.05, 0.1) is 154 Å². The van der Waals surface area contributed by atoms with Crippen molar-refractivity contribution < 1.29 is 202 Å². The Hall–Kier alpha value is -3.08. The number of nitrogens with zero attached hydrogens (tertiary/aromatic N) is 1. The molecule has 1 aromatic rings. The topological polar surface area (TPSA) is 758 Å². The lowest BCUT2D eigenvalue weighted by Crippen LogP contribution is -2.64. The maximum Gasteiger partial charge on any atom is 0.483 e. The number of phosphoric acid groups is 4. The molecule has 12 unspecified atom stereocenters. The molecule has 0 radical (unpaired) electrons. The Labute approximate surface area is 608 Å². The number of H-pyrrole nitrogens is 1. The summed E-state index contributed by atoms with van der Waals surface area (Å²) in [7, 11) is -17.5. The third-order valence-electron chi connectivity index (χ3n) is 14.1. The highest BCUT2D eigenvalue weighted by Crippen LogP contribution is 2.61. The fourth-order valence-electron chi connectivity index (χ4n) is 8.76. The van der Waals surface area contributed by atoms with Gasteiger partial charge in [-0.3, -0.25) is 37.8 Å². The van der Waals surface area contributed by atoms with Crippen LogP contribution in [0.3, 0.4) is 0 Å². The number of amides is 3. The highest BCUT2D eigenvalue weighted by molar-refractivity contribution is 7.78. The number of nitrogens with one attached hydrogen (secondary N) is 4. The maximum atomic E-state index is 12.7. The third-order valence-corrected chi connectivity index (χ3v) is 17.9. The number of rotatable bonds is 44. The van der Waals surface area contributed by atoms with E-state index in [9.17, 15) is 118 Å². The van der Waals surface area contributed by atoms with E-state index in [0.717, 1.165) is 16.8 Å². The second-order valence-electron chi connectivity index (χ2n) is 21.9. The molecule has 0 bridgehead atoms. The van der Waals surface area contributed by atoms with Crippen LogP contribution in [0.1, 0.15) is 25.5 Å². The van der Waals surface area contributed by atoms with Gasteiger partial charge in [0, 0.05) is 46.4 Å². The van der Waals surface area contributed by atoms with Crippen LogP contribution in [0.15, 0.2) is 21.9 Å². The molecule has 55 heteroatoms. The van der Waals surface area contributed by atoms with Crippen molar-refractivity contribution >= 4 is 61.8 Å². The molecule has 0 aromatic carbocycles. The molecule has 4 saturated heterocycles. The zero-order chi connectivity index (χ0) is 80.0. The molecule has 4 fully saturated rings. The number of carbonyl (C=O) groups excluding carboxylic acids is 3. The smallest absolute Gasteiger partial charge is 0.483 e. The molecule has 21 atom stereocenters. The lowest BCUT2D eigenvalue weighted by molar-refractivity contribution is -0.363. The summed E-state index contributed by atoms with van der Waals surface area (Å²) in [4.78, 5) is 123. The molecule has 622 valence electrons. The van der Waals surface area contributed by atoms with Crippen LogP contribution in [0.5, 0.6) is 0 Å². The van der Waals surface area contributed by atoms with Crippen LogP contribution < -0.4 is 51.9 Å². The number of carbonyl (C=O) groups is 3. The maximum absolute atomic E-state index is 12.7. The normalized spacial score (nSPS) is 29.3. The Morgan fingerprint density at radius 1 is 0.509 bits per heavy atom. The van der Waals surface area contributed by atoms with E-state index in [4.69, 9.17) is 82.0 Å². The molecule has 5 heterocycles. The number of ether oxygens (including phenoxy) is 13. The molecule has 0 aliphatic carbocycles. The van der Waals surface area contributed by atoms with E-state index in [2.05, 4.69) is 46.1 Å². The first-order valence-corrected chi connectivity index (χ1v) is 37.7. The van der Waals surface area contributed by atoms with E-state index in [1.165, 1.54) is 14.2 Å². The van der Waals surface area contributed by atoms with Crippen molar-refractivity contribution in [1.29, 1.82) is 0 Å². The summed E-state index contributed by atoms with van der Waals surface area (Å²) in [6, 6.07) is -3.82. The SMILES string of the molecule is COCCOCCOCCC(=O)NC1[C@@H](OP(=O)(O)OP(=O)(O)OCC2OC(n3ccc(=O)[nH]c3=O)C(O)C2O)OC(CO)[C@H](O)[C@@H]1O.COCCOCCOCCC(=O)NC1[C@@H](OP(=O)([O-])[O-])OC(CO)[C@H](O)[C@@H]1O.COCCOCCOCCC(=O)NS.NC1[C@@H](OP(=O)([O-])[O-])OC(CO)[C@H](O)[C@@H]1O. The Morgan fingerprint density at radius 2 is 0.868 bits per heavy atom. The molecule has 106 heavy (non-hydrogen) atoms. The summed E-state index contributed by atoms with van der Waals surface area (Å²) in [6.07, 6.45) is -26.3. The molecule has 50 nitrogen and oxygen atoms in total. The van der Waals surface area contributed by atoms with Crippen LogP contribution in [0.4, 0.5) is 0 Å². The minimum atomic E-state index is -5.72. The number of aromatic nitrogens is 2. The quantitative estimate of drug-likeness (QED) is 0.0164. The lowest BCUT2D eigenvalue weighted by atomic mass is 9.97. The van der Waals surface area contributed by atoms with E-state index in [1.807, 2.05) is 4.98 Å². The Balaban J connectivity index is 0.000000549. The summed E-state index contributed by atoms with van der Waals surface area (Å²) < 4.78 is 137. The van der Waals surface area contributed by atoms with Gasteiger partial charge in [-0.05, 0) is 0 Å². The standard InChI is InChI=1S/C23H39N3O20P2.C14H28NO12P.C8H17NO4S.C6H14NO8P/c1-39-6-7-41-9-8-40-5-3-15(29)24-16-19(32)17(30)12(10-27)44-22(16)45-48(37,38)46-47(35,36)42-11-13-18(31)20(33)21(43-13)26-4-2-14(28)25-23(26)34;1-23-4-5-25-7-6-24-3-2-10(17)15-11-13(19)12(18)9(8-16)26-14(11)27-28(20,21)22;1-11-4-5-13-7-6-12-3-2-8(10)9-14;7-3-5(10)4(9)2(1-8)14-6(3)15-16(11,12)13/h2,4,12-13,16-22,27,30-33H,3,5-11H2,1H3,(H,24,29)(H,35,36)(H,37,38)(H,25,28,34);9,11-14,16,18-19H,2-8H2,1H3,(H,15,17)(H2,20,21,22);14H,2-7H2,1H3,(H,9,10);2-6,8-10H,1,7H2,(H2,11,12,13)/p-4/t12?,13?,16?,17-,18?,19+,20?,21?,22+;9?,11?,12-,13+,14+;;2?,3?,4-,5+,6+/m00.0/s1. The van der Waals surface area contributed by atoms with Crippen molar-refractivity contribution in [2.24, 2.45) is 5.73 Å². The summed E-state index contributed by atoms with van der Waals surface area (Å²) >= 11 is 3.60. The fraction of sp³-hybridized carbons (Fsp3) is 0.863. The van der Waals surface area contributed by atoms with Crippen LogP contribution in [-0.4, -0.2) is 350 Å². The van der Waals surface area contributed by atoms with Crippen molar-refractivity contribution in [3.05, 3.63) is 33.1 Å². The highest BCUT2D eigenvalue weighted by atomic mass is 32.1. The fourth-order valence-corrected chi connectivity index (χ4v) is 11.9. The van der Waals surface area contributed by atoms with E-state index in [1.54, 1.807) is 7.11 Å². The first-order valence-electron chi connectivity index (χ1n) is 31.4. The van der Waals surface area contributed by atoms with E-state index in [0.29, 0.717) is 72.5 Å². The van der Waals surface area contributed by atoms with Crippen LogP contribution in [0.2, 0.25) is 0 Å². The minimum Gasteiger partial charge on any atom is -0.790 e. The van der Waals surface area contributed by atoms with Gasteiger partial charge in [-0.2, -0.15) is 4.31 Å². The summed E-state index contributed by atoms with van der Waals surface area (Å²) in [6.45, 7) is 1.40. The first kappa shape index (κ1) is 99.0. The third kappa shape index (κ3) is 38.0. The Morgan fingerprint density at radius 3 is 1.25 bits per heavy atom. The van der Waals surface area contributed by atoms with Gasteiger partial charge in [0.2, 0.25) is 17.7 Å². The van der Waals surface area contributed by atoms with Crippen molar-refractivity contribution in [3.8, 4) is 0 Å². The number of phosphoric ester groups is 4. The predicted octanol–water partition coefficient (Wildman–Crippen LogP) is -13.2. The first-order chi connectivity index (χ1) is 49.8. The molecule has 19 N–H and O–H groups in total. The molecule has 4 aliphatic rings. The second kappa shape index (κ2) is 51.5. The van der Waals surface area contributed by atoms with Crippen molar-refractivity contribution in [2.75, 3.05) is 147 Å². The largest absolute Gasteiger partial charge is 0.790 e. The number of hydrogen-bond acceptors (Lipinski definition) is 44. The number of thiol groups is 1. The van der Waals surface area contributed by atoms with E-state index < -0.39 is 197 Å². The molecule has 5 rings (SSSR count). The van der Waals surface area contributed by atoms with Gasteiger partial charge in [0.1, 0.15) is 85.3 Å². The Bertz CT molecular complexity index is 2970. The van der Waals surface area contributed by atoms with Gasteiger partial charge in [-0.1, -0.05) is 12.8 Å². The lowest BCUT2D eigenvalue weighted by Gasteiger charge is -2.45. The van der Waals surface area contributed by atoms with Crippen LogP contribution in [-0.2, 0) is 117 Å². The predicted molar refractivity (Wildman–Crippen MR) is 339 cm³/mol. The zero-order valence-corrected chi connectivity index (χ0v) is 61.4. The van der Waals surface area contributed by atoms with Gasteiger partial charge < -0.3 is 186 Å². The molecule has 0 saturated carbocycles. The number of methoxy groups -OCH3 is 3. The monoisotopic (exact) mass is 1650 g/mol. The molecule has 1 aromatic heterocycles. The summed E-state index contributed by atoms with van der Waals surface area (Å²) in [5, 5.41) is 112. The van der Waals surface area contributed by atoms with Gasteiger partial charge in [0.15, 0.2) is 25.1 Å². The van der Waals surface area contributed by atoms with Crippen molar-refractivity contribution in [1.82, 2.24) is 24.9 Å². The average molecular weight is 1650 g/mol. The Kier molecular flexibility index (Phi) is 48.1. The number of aromatic amines is 1. The van der Waals surface area contributed by atoms with Gasteiger partial charge >= 0.3 is 21.3 Å². The van der Waals surface area contributed by atoms with Gasteiger partial charge in [-0.15, -0.1) is 0 Å². The van der Waals surface area contributed by atoms with Crippen LogP contribution in [0.25, 0.3) is 0 Å². The van der Waals surface area contributed by atoms with Gasteiger partial charge in [0.25, 0.3) is 5.56 Å². The molecule has 4 aliphatic heterocycles. The average Bonchev–Trinajstić information content (AvgIpc) is 1.19. The second-order valence-corrected chi connectivity index (χ2v) is 27.3. The molecule has 0 spiro atoms. The van der Waals surface area contributed by atoms with Crippen molar-refractivity contribution in [3.63, 3.8) is 0 Å². The number of nitrogens with two attached hydrogens (primary N) is 1. The molecule has 3 amide bonds. The van der Waals surface area contributed by atoms with Gasteiger partial charge in [-0.25, -0.2) is 13.9 Å². The van der Waals surface area contributed by atoms with Crippen LogP contribution >= 0.6 is 44.1 Å². The van der Waals surface area contributed by atoms with Crippen LogP contribution in [0, 0.1) is 0 Å². The van der Waals surface area contributed by atoms with E-state index in [-0.39, 0.29) is 51.8 Å². The number of aliphatic hydroxyl groups excluding tert-OH is 11. The molecular weight excluding hydrogens is 1560 g/mol. The number of hydrogen-bond donors (Lipinski definition) is 19.